The number of carboxylic acids is 1. The van der Waals surface area contributed by atoms with Gasteiger partial charge in [-0.3, -0.25) is 0 Å². The predicted molar refractivity (Wildman–Crippen MR) is 69.9 cm³/mol. The summed E-state index contributed by atoms with van der Waals surface area (Å²) in [7, 11) is 2.03. The zero-order chi connectivity index (χ0) is 14.4. The van der Waals surface area contributed by atoms with Gasteiger partial charge in [-0.15, -0.1) is 0 Å². The molecule has 0 radical (unpaired) electrons. The molecule has 2 unspecified atom stereocenters. The number of carbonyl (C=O) groups is 2. The van der Waals surface area contributed by atoms with Gasteiger partial charge in [0.05, 0.1) is 6.54 Å². The molecule has 0 saturated carbocycles. The average Bonchev–Trinajstić information content (AvgIpc) is 2.56. The van der Waals surface area contributed by atoms with Gasteiger partial charge in [0, 0.05) is 19.1 Å². The zero-order valence-electron chi connectivity index (χ0n) is 11.5. The van der Waals surface area contributed by atoms with E-state index in [0.29, 0.717) is 6.54 Å². The van der Waals surface area contributed by atoms with Gasteiger partial charge in [0.15, 0.2) is 6.10 Å². The van der Waals surface area contributed by atoms with Crippen molar-refractivity contribution < 1.29 is 19.8 Å². The van der Waals surface area contributed by atoms with E-state index in [-0.39, 0.29) is 18.6 Å². The highest BCUT2D eigenvalue weighted by Crippen LogP contribution is 2.12. The van der Waals surface area contributed by atoms with Gasteiger partial charge < -0.3 is 25.3 Å². The molecule has 3 N–H and O–H groups in total. The summed E-state index contributed by atoms with van der Waals surface area (Å²) in [6.45, 7) is 4.16. The number of carbonyl (C=O) groups excluding carboxylic acids is 1. The highest BCUT2D eigenvalue weighted by molar-refractivity contribution is 5.77. The first-order chi connectivity index (χ1) is 8.95. The molecular formula is C12H23N3O4. The molecule has 1 aliphatic rings. The Kier molecular flexibility index (Phi) is 6.04. The lowest BCUT2D eigenvalue weighted by Crippen LogP contribution is -2.50. The Labute approximate surface area is 113 Å². The second-order valence-corrected chi connectivity index (χ2v) is 4.91. The second-order valence-electron chi connectivity index (χ2n) is 4.91. The summed E-state index contributed by atoms with van der Waals surface area (Å²) >= 11 is 0. The molecule has 0 aromatic heterocycles. The third-order valence-electron chi connectivity index (χ3n) is 3.37. The standard InChI is InChI=1S/C12H23N3O4/c1-3-9-8-14(2)5-4-6-15(9)12(19)13-7-10(16)11(17)18/h9-10,16H,3-8H2,1-2H3,(H,13,19)(H,17,18). The molecule has 1 saturated heterocycles. The van der Waals surface area contributed by atoms with Crippen LogP contribution in [0.5, 0.6) is 0 Å². The van der Waals surface area contributed by atoms with Crippen LogP contribution in [0.25, 0.3) is 0 Å². The van der Waals surface area contributed by atoms with E-state index in [1.54, 1.807) is 4.90 Å². The van der Waals surface area contributed by atoms with E-state index in [4.69, 9.17) is 10.2 Å². The maximum absolute atomic E-state index is 12.0. The summed E-state index contributed by atoms with van der Waals surface area (Å²) in [6.07, 6.45) is 0.180. The van der Waals surface area contributed by atoms with Gasteiger partial charge in [-0.25, -0.2) is 9.59 Å². The first-order valence-corrected chi connectivity index (χ1v) is 6.59. The van der Waals surface area contributed by atoms with E-state index in [1.807, 2.05) is 14.0 Å². The maximum Gasteiger partial charge on any atom is 0.334 e. The first kappa shape index (κ1) is 15.7. The normalized spacial score (nSPS) is 22.7. The maximum atomic E-state index is 12.0. The number of aliphatic hydroxyl groups excluding tert-OH is 1. The number of likely N-dealkylation sites (N-methyl/N-ethyl adjacent to an activating group) is 1. The number of aliphatic hydroxyl groups is 1. The van der Waals surface area contributed by atoms with Gasteiger partial charge in [0.1, 0.15) is 0 Å². The Morgan fingerprint density at radius 1 is 1.42 bits per heavy atom. The van der Waals surface area contributed by atoms with Crippen LogP contribution in [0.2, 0.25) is 0 Å². The molecule has 19 heavy (non-hydrogen) atoms. The number of nitrogens with one attached hydrogen (secondary N) is 1. The summed E-state index contributed by atoms with van der Waals surface area (Å²) in [5.41, 5.74) is 0. The molecule has 7 heteroatoms. The zero-order valence-corrected chi connectivity index (χ0v) is 11.5. The average molecular weight is 273 g/mol. The van der Waals surface area contributed by atoms with Crippen LogP contribution < -0.4 is 5.32 Å². The number of carboxylic acid groups (broad SMARTS) is 1. The molecule has 2 amide bonds. The lowest BCUT2D eigenvalue weighted by atomic mass is 10.2. The van der Waals surface area contributed by atoms with Crippen molar-refractivity contribution in [2.75, 3.05) is 33.2 Å². The van der Waals surface area contributed by atoms with Crippen LogP contribution in [0.3, 0.4) is 0 Å². The molecule has 110 valence electrons. The van der Waals surface area contributed by atoms with Crippen molar-refractivity contribution >= 4 is 12.0 Å². The van der Waals surface area contributed by atoms with E-state index < -0.39 is 12.1 Å². The third-order valence-corrected chi connectivity index (χ3v) is 3.37. The molecule has 2 atom stereocenters. The van der Waals surface area contributed by atoms with Gasteiger partial charge in [-0.1, -0.05) is 6.92 Å². The minimum atomic E-state index is -1.56. The van der Waals surface area contributed by atoms with Gasteiger partial charge in [-0.2, -0.15) is 0 Å². The van der Waals surface area contributed by atoms with Crippen LogP contribution in [0.4, 0.5) is 4.79 Å². The Hall–Kier alpha value is -1.34. The predicted octanol–water partition coefficient (Wildman–Crippen LogP) is -0.442. The van der Waals surface area contributed by atoms with Crippen LogP contribution in [0.1, 0.15) is 19.8 Å². The van der Waals surface area contributed by atoms with Gasteiger partial charge in [0.25, 0.3) is 0 Å². The highest BCUT2D eigenvalue weighted by Gasteiger charge is 2.26. The number of amides is 2. The Morgan fingerprint density at radius 3 is 2.68 bits per heavy atom. The van der Waals surface area contributed by atoms with E-state index in [1.165, 1.54) is 0 Å². The molecule has 7 nitrogen and oxygen atoms in total. The fourth-order valence-corrected chi connectivity index (χ4v) is 2.23. The molecule has 0 bridgehead atoms. The van der Waals surface area contributed by atoms with Crippen LogP contribution >= 0.6 is 0 Å². The van der Waals surface area contributed by atoms with Crippen LogP contribution in [-0.2, 0) is 4.79 Å². The summed E-state index contributed by atoms with van der Waals surface area (Å²) < 4.78 is 0. The van der Waals surface area contributed by atoms with Gasteiger partial charge in [0.2, 0.25) is 0 Å². The third kappa shape index (κ3) is 4.68. The topological polar surface area (TPSA) is 93.1 Å². The van der Waals surface area contributed by atoms with E-state index in [9.17, 15) is 9.59 Å². The number of hydrogen-bond acceptors (Lipinski definition) is 4. The summed E-state index contributed by atoms with van der Waals surface area (Å²) in [5.74, 6) is -1.33. The van der Waals surface area contributed by atoms with Crippen LogP contribution in [-0.4, -0.2) is 77.4 Å². The van der Waals surface area contributed by atoms with Crippen molar-refractivity contribution in [3.63, 3.8) is 0 Å². The lowest BCUT2D eigenvalue weighted by Gasteiger charge is -2.30. The summed E-state index contributed by atoms with van der Waals surface area (Å²) in [6, 6.07) is -0.183. The molecular weight excluding hydrogens is 250 g/mol. The minimum absolute atomic E-state index is 0.120. The van der Waals surface area contributed by atoms with Gasteiger partial charge in [-0.05, 0) is 26.4 Å². The highest BCUT2D eigenvalue weighted by atomic mass is 16.4. The van der Waals surface area contributed by atoms with E-state index in [2.05, 4.69) is 10.2 Å². The molecule has 1 aliphatic heterocycles. The van der Waals surface area contributed by atoms with Crippen molar-refractivity contribution in [1.82, 2.24) is 15.1 Å². The van der Waals surface area contributed by atoms with E-state index >= 15 is 0 Å². The molecule has 0 spiro atoms. The van der Waals surface area contributed by atoms with Crippen molar-refractivity contribution in [3.05, 3.63) is 0 Å². The molecule has 0 aromatic rings. The second kappa shape index (κ2) is 7.30. The largest absolute Gasteiger partial charge is 0.479 e. The smallest absolute Gasteiger partial charge is 0.334 e. The Bertz CT molecular complexity index is 324. The van der Waals surface area contributed by atoms with Crippen molar-refractivity contribution in [2.45, 2.75) is 31.9 Å². The van der Waals surface area contributed by atoms with E-state index in [0.717, 1.165) is 25.9 Å². The lowest BCUT2D eigenvalue weighted by molar-refractivity contribution is -0.146. The van der Waals surface area contributed by atoms with Crippen molar-refractivity contribution in [1.29, 1.82) is 0 Å². The number of nitrogens with zero attached hydrogens (tertiary/aromatic N) is 2. The quantitative estimate of drug-likeness (QED) is 0.645. The van der Waals surface area contributed by atoms with Crippen molar-refractivity contribution in [2.24, 2.45) is 0 Å². The number of hydrogen-bond donors (Lipinski definition) is 3. The first-order valence-electron chi connectivity index (χ1n) is 6.59. The van der Waals surface area contributed by atoms with Crippen LogP contribution in [0, 0.1) is 0 Å². The Balaban J connectivity index is 2.55. The minimum Gasteiger partial charge on any atom is -0.479 e. The molecule has 1 fully saturated rings. The molecule has 0 aliphatic carbocycles. The van der Waals surface area contributed by atoms with Crippen LogP contribution in [0.15, 0.2) is 0 Å². The van der Waals surface area contributed by atoms with Crippen molar-refractivity contribution in [3.8, 4) is 0 Å². The molecule has 0 aromatic carbocycles. The number of rotatable bonds is 4. The summed E-state index contributed by atoms with van der Waals surface area (Å²) in [4.78, 5) is 26.5. The summed E-state index contributed by atoms with van der Waals surface area (Å²) in [5, 5.41) is 20.2. The monoisotopic (exact) mass is 273 g/mol. The SMILES string of the molecule is CCC1CN(C)CCCN1C(=O)NCC(O)C(=O)O. The molecule has 1 heterocycles. The number of aliphatic carboxylic acids is 1. The Morgan fingerprint density at radius 2 is 2.11 bits per heavy atom. The fourth-order valence-electron chi connectivity index (χ4n) is 2.23. The van der Waals surface area contributed by atoms with Gasteiger partial charge >= 0.3 is 12.0 Å². The number of urea groups is 1. The molecule has 1 rings (SSSR count). The fraction of sp³-hybridized carbons (Fsp3) is 0.833.